The maximum Gasteiger partial charge on any atom is 0.327 e. The van der Waals surface area contributed by atoms with E-state index in [1.54, 1.807) is 12.3 Å². The number of thioether (sulfide) groups is 1. The van der Waals surface area contributed by atoms with E-state index in [0.29, 0.717) is 11.3 Å². The largest absolute Gasteiger partial charge is 0.480 e. The van der Waals surface area contributed by atoms with Crippen molar-refractivity contribution in [3.8, 4) is 0 Å². The van der Waals surface area contributed by atoms with Gasteiger partial charge in [-0.15, -0.1) is 11.8 Å². The molecule has 1 N–H and O–H groups in total. The van der Waals surface area contributed by atoms with Gasteiger partial charge in [-0.1, -0.05) is 18.2 Å². The van der Waals surface area contributed by atoms with E-state index in [4.69, 9.17) is 0 Å². The van der Waals surface area contributed by atoms with E-state index in [0.717, 1.165) is 10.9 Å². The molecule has 1 amide bonds. The molecule has 2 aromatic rings. The number of hydrogen-bond acceptors (Lipinski definition) is 4. The number of aliphatic carboxylic acids is 1. The zero-order valence-corrected chi connectivity index (χ0v) is 12.2. The number of nitrogens with zero attached hydrogens (tertiary/aromatic N) is 2. The van der Waals surface area contributed by atoms with Crippen molar-refractivity contribution in [2.24, 2.45) is 0 Å². The third kappa shape index (κ3) is 2.35. The number of amides is 1. The third-order valence-corrected chi connectivity index (χ3v) is 4.84. The number of para-hydroxylation sites is 1. The van der Waals surface area contributed by atoms with Crippen molar-refractivity contribution in [1.29, 1.82) is 0 Å². The molecule has 0 radical (unpaired) electrons. The van der Waals surface area contributed by atoms with Gasteiger partial charge in [0.05, 0.1) is 16.5 Å². The smallest absolute Gasteiger partial charge is 0.327 e. The summed E-state index contributed by atoms with van der Waals surface area (Å²) in [6, 6.07) is 8.25. The van der Waals surface area contributed by atoms with Gasteiger partial charge in [-0.25, -0.2) is 4.79 Å². The third-order valence-electron chi connectivity index (χ3n) is 3.62. The minimum absolute atomic E-state index is 0.148. The van der Waals surface area contributed by atoms with Gasteiger partial charge in [-0.2, -0.15) is 0 Å². The van der Waals surface area contributed by atoms with Crippen molar-refractivity contribution in [3.05, 3.63) is 42.1 Å². The quantitative estimate of drug-likeness (QED) is 0.921. The Balaban J connectivity index is 2.06. The molecule has 1 fully saturated rings. The van der Waals surface area contributed by atoms with Crippen molar-refractivity contribution in [1.82, 2.24) is 9.88 Å². The van der Waals surface area contributed by atoms with Crippen LogP contribution in [0.4, 0.5) is 0 Å². The van der Waals surface area contributed by atoms with Gasteiger partial charge in [-0.05, 0) is 19.1 Å². The number of carbonyl (C=O) groups is 2. The van der Waals surface area contributed by atoms with Crippen molar-refractivity contribution < 1.29 is 14.7 Å². The zero-order valence-electron chi connectivity index (χ0n) is 11.4. The van der Waals surface area contributed by atoms with Gasteiger partial charge >= 0.3 is 5.97 Å². The van der Waals surface area contributed by atoms with E-state index in [2.05, 4.69) is 4.98 Å². The molecule has 1 aromatic carbocycles. The number of rotatable bonds is 2. The van der Waals surface area contributed by atoms with Crippen molar-refractivity contribution >= 4 is 34.5 Å². The van der Waals surface area contributed by atoms with Crippen LogP contribution in [0.2, 0.25) is 0 Å². The summed E-state index contributed by atoms with van der Waals surface area (Å²) in [6.45, 7) is 1.86. The number of carbonyl (C=O) groups excluding carboxylic acids is 1. The summed E-state index contributed by atoms with van der Waals surface area (Å²) in [5, 5.41) is 9.89. The molecule has 1 aliphatic rings. The Morgan fingerprint density at radius 3 is 2.86 bits per heavy atom. The molecule has 108 valence electrons. The Morgan fingerprint density at radius 2 is 2.10 bits per heavy atom. The summed E-state index contributed by atoms with van der Waals surface area (Å²) in [6.07, 6.45) is 1.58. The van der Waals surface area contributed by atoms with E-state index >= 15 is 0 Å². The van der Waals surface area contributed by atoms with Gasteiger partial charge in [0.2, 0.25) is 0 Å². The summed E-state index contributed by atoms with van der Waals surface area (Å²) in [4.78, 5) is 29.8. The first-order chi connectivity index (χ1) is 10.1. The van der Waals surface area contributed by atoms with E-state index in [1.165, 1.54) is 16.7 Å². The second-order valence-electron chi connectivity index (χ2n) is 4.87. The standard InChI is InChI=1S/C15H14N2O3S/c1-9-17(13(8-21-9)15(19)20)14(18)11-6-7-16-12-5-3-2-4-10(11)12/h2-7,9,13H,8H2,1H3,(H,19,20). The molecule has 0 aliphatic carbocycles. The van der Waals surface area contributed by atoms with Crippen LogP contribution in [-0.4, -0.2) is 44.0 Å². The number of hydrogen-bond donors (Lipinski definition) is 1. The molecule has 1 aromatic heterocycles. The fourth-order valence-corrected chi connectivity index (χ4v) is 3.73. The molecule has 6 heteroatoms. The van der Waals surface area contributed by atoms with Crippen LogP contribution >= 0.6 is 11.8 Å². The van der Waals surface area contributed by atoms with Gasteiger partial charge in [0, 0.05) is 17.3 Å². The number of benzene rings is 1. The average molecular weight is 302 g/mol. The predicted octanol–water partition coefficient (Wildman–Crippen LogP) is 2.22. The first-order valence-electron chi connectivity index (χ1n) is 6.60. The molecule has 0 saturated carbocycles. The number of aromatic nitrogens is 1. The molecule has 2 atom stereocenters. The maximum absolute atomic E-state index is 12.8. The van der Waals surface area contributed by atoms with Crippen LogP contribution in [0.5, 0.6) is 0 Å². The second-order valence-corrected chi connectivity index (χ2v) is 6.22. The van der Waals surface area contributed by atoms with E-state index < -0.39 is 12.0 Å². The number of pyridine rings is 1. The van der Waals surface area contributed by atoms with E-state index in [1.807, 2.05) is 31.2 Å². The lowest BCUT2D eigenvalue weighted by molar-refractivity contribution is -0.141. The fraction of sp³-hybridized carbons (Fsp3) is 0.267. The molecule has 2 heterocycles. The minimum Gasteiger partial charge on any atom is -0.480 e. The van der Waals surface area contributed by atoms with Crippen molar-refractivity contribution in [2.45, 2.75) is 18.3 Å². The van der Waals surface area contributed by atoms with Gasteiger partial charge in [0.15, 0.2) is 0 Å². The van der Waals surface area contributed by atoms with Crippen molar-refractivity contribution in [2.75, 3.05) is 5.75 Å². The summed E-state index contributed by atoms with van der Waals surface area (Å²) in [5.74, 6) is -0.789. The summed E-state index contributed by atoms with van der Waals surface area (Å²) in [7, 11) is 0. The first-order valence-corrected chi connectivity index (χ1v) is 7.65. The van der Waals surface area contributed by atoms with Crippen LogP contribution in [-0.2, 0) is 4.79 Å². The Labute approximate surface area is 126 Å². The Morgan fingerprint density at radius 1 is 1.33 bits per heavy atom. The van der Waals surface area contributed by atoms with Gasteiger partial charge in [0.25, 0.3) is 5.91 Å². The normalized spacial score (nSPS) is 21.7. The van der Waals surface area contributed by atoms with Crippen LogP contribution in [0.25, 0.3) is 10.9 Å². The minimum atomic E-state index is -0.960. The topological polar surface area (TPSA) is 70.5 Å². The highest BCUT2D eigenvalue weighted by atomic mass is 32.2. The lowest BCUT2D eigenvalue weighted by Gasteiger charge is -2.25. The SMILES string of the molecule is CC1SCC(C(=O)O)N1C(=O)c1ccnc2ccccc12. The van der Waals surface area contributed by atoms with Crippen LogP contribution < -0.4 is 0 Å². The number of carboxylic acid groups (broad SMARTS) is 1. The zero-order chi connectivity index (χ0) is 15.0. The first kappa shape index (κ1) is 13.9. The Hall–Kier alpha value is -2.08. The Kier molecular flexibility index (Phi) is 3.55. The van der Waals surface area contributed by atoms with Gasteiger partial charge in [-0.3, -0.25) is 9.78 Å². The number of carboxylic acids is 1. The highest BCUT2D eigenvalue weighted by Crippen LogP contribution is 2.31. The molecule has 0 spiro atoms. The molecular formula is C15H14N2O3S. The average Bonchev–Trinajstić information content (AvgIpc) is 2.88. The molecule has 3 rings (SSSR count). The Bertz CT molecular complexity index is 714. The molecule has 2 unspecified atom stereocenters. The van der Waals surface area contributed by atoms with Gasteiger partial charge < -0.3 is 10.0 Å². The molecule has 1 saturated heterocycles. The van der Waals surface area contributed by atoms with E-state index in [9.17, 15) is 14.7 Å². The maximum atomic E-state index is 12.8. The van der Waals surface area contributed by atoms with E-state index in [-0.39, 0.29) is 11.3 Å². The predicted molar refractivity (Wildman–Crippen MR) is 81.3 cm³/mol. The van der Waals surface area contributed by atoms with Crippen molar-refractivity contribution in [3.63, 3.8) is 0 Å². The molecule has 21 heavy (non-hydrogen) atoms. The van der Waals surface area contributed by atoms with Crippen LogP contribution in [0.1, 0.15) is 17.3 Å². The lowest BCUT2D eigenvalue weighted by atomic mass is 10.1. The van der Waals surface area contributed by atoms with Crippen LogP contribution in [0.15, 0.2) is 36.5 Å². The summed E-state index contributed by atoms with van der Waals surface area (Å²) >= 11 is 1.48. The molecular weight excluding hydrogens is 288 g/mol. The molecule has 5 nitrogen and oxygen atoms in total. The number of fused-ring (bicyclic) bond motifs is 1. The summed E-state index contributed by atoms with van der Waals surface area (Å²) < 4.78 is 0. The summed E-state index contributed by atoms with van der Waals surface area (Å²) in [5.41, 5.74) is 1.23. The second kappa shape index (κ2) is 5.37. The van der Waals surface area contributed by atoms with Crippen LogP contribution in [0, 0.1) is 0 Å². The van der Waals surface area contributed by atoms with Gasteiger partial charge in [0.1, 0.15) is 6.04 Å². The lowest BCUT2D eigenvalue weighted by Crippen LogP contribution is -2.44. The monoisotopic (exact) mass is 302 g/mol. The molecule has 0 bridgehead atoms. The highest BCUT2D eigenvalue weighted by Gasteiger charge is 2.40. The highest BCUT2D eigenvalue weighted by molar-refractivity contribution is 8.00. The van der Waals surface area contributed by atoms with Crippen LogP contribution in [0.3, 0.4) is 0 Å². The fourth-order valence-electron chi connectivity index (χ4n) is 2.56. The molecule has 1 aliphatic heterocycles.